The number of benzene rings is 1. The van der Waals surface area contributed by atoms with Crippen molar-refractivity contribution < 1.29 is 13.9 Å². The Morgan fingerprint density at radius 3 is 2.78 bits per heavy atom. The van der Waals surface area contributed by atoms with Crippen molar-refractivity contribution in [3.8, 4) is 0 Å². The molecule has 5 heteroatoms. The van der Waals surface area contributed by atoms with Gasteiger partial charge in [-0.25, -0.2) is 4.39 Å². The van der Waals surface area contributed by atoms with Crippen molar-refractivity contribution in [2.24, 2.45) is 0 Å². The number of nitrogens with zero attached hydrogens (tertiary/aromatic N) is 2. The van der Waals surface area contributed by atoms with Gasteiger partial charge in [0.15, 0.2) is 0 Å². The molecular formula is C18H25FN2O2. The molecule has 0 radical (unpaired) electrons. The van der Waals surface area contributed by atoms with Gasteiger partial charge in [0.05, 0.1) is 5.52 Å². The molecule has 0 saturated carbocycles. The van der Waals surface area contributed by atoms with Crippen LogP contribution in [0.3, 0.4) is 0 Å². The minimum Gasteiger partial charge on any atom is -0.385 e. The summed E-state index contributed by atoms with van der Waals surface area (Å²) in [5.74, 6) is -0.194. The number of rotatable bonds is 4. The molecule has 0 unspecified atom stereocenters. The number of methoxy groups -OCH3 is 1. The van der Waals surface area contributed by atoms with E-state index in [2.05, 4.69) is 16.7 Å². The van der Waals surface area contributed by atoms with Gasteiger partial charge in [-0.1, -0.05) is 12.1 Å². The SMILES string of the molecule is CCOC.CN1CCc2c(c3cccc(F)c3n2CCC=O)C1. The van der Waals surface area contributed by atoms with Crippen molar-refractivity contribution in [2.75, 3.05) is 27.3 Å². The zero-order valence-electron chi connectivity index (χ0n) is 14.1. The Kier molecular flexibility index (Phi) is 6.30. The average molecular weight is 320 g/mol. The number of ether oxygens (including phenoxy) is 1. The Morgan fingerprint density at radius 1 is 1.39 bits per heavy atom. The fourth-order valence-electron chi connectivity index (χ4n) is 3.02. The van der Waals surface area contributed by atoms with Crippen LogP contribution in [0, 0.1) is 5.82 Å². The lowest BCUT2D eigenvalue weighted by Crippen LogP contribution is -2.27. The fraction of sp³-hybridized carbons (Fsp3) is 0.500. The Hall–Kier alpha value is -1.72. The first-order valence-corrected chi connectivity index (χ1v) is 8.03. The molecule has 0 amide bonds. The Bertz CT molecular complexity index is 665. The predicted molar refractivity (Wildman–Crippen MR) is 90.2 cm³/mol. The molecule has 4 nitrogen and oxygen atoms in total. The van der Waals surface area contributed by atoms with E-state index in [1.54, 1.807) is 13.2 Å². The summed E-state index contributed by atoms with van der Waals surface area (Å²) >= 11 is 0. The molecule has 0 saturated heterocycles. The highest BCUT2D eigenvalue weighted by molar-refractivity contribution is 5.86. The van der Waals surface area contributed by atoms with Crippen LogP contribution in [0.2, 0.25) is 0 Å². The van der Waals surface area contributed by atoms with Crippen LogP contribution in [0.5, 0.6) is 0 Å². The number of hydrogen-bond acceptors (Lipinski definition) is 3. The Morgan fingerprint density at radius 2 is 2.13 bits per heavy atom. The number of halogens is 1. The van der Waals surface area contributed by atoms with Gasteiger partial charge in [0.25, 0.3) is 0 Å². The molecule has 1 aromatic carbocycles. The molecule has 0 atom stereocenters. The van der Waals surface area contributed by atoms with Crippen molar-refractivity contribution in [1.29, 1.82) is 0 Å². The van der Waals surface area contributed by atoms with Gasteiger partial charge in [-0.05, 0) is 25.6 Å². The van der Waals surface area contributed by atoms with E-state index in [0.717, 1.165) is 37.8 Å². The van der Waals surface area contributed by atoms with E-state index in [1.165, 1.54) is 17.3 Å². The third kappa shape index (κ3) is 3.79. The third-order valence-electron chi connectivity index (χ3n) is 4.17. The van der Waals surface area contributed by atoms with Gasteiger partial charge < -0.3 is 19.0 Å². The molecule has 0 spiro atoms. The lowest BCUT2D eigenvalue weighted by molar-refractivity contribution is -0.108. The molecule has 1 aliphatic heterocycles. The summed E-state index contributed by atoms with van der Waals surface area (Å²) < 4.78 is 20.7. The van der Waals surface area contributed by atoms with Crippen LogP contribution in [0.1, 0.15) is 24.6 Å². The van der Waals surface area contributed by atoms with Gasteiger partial charge in [0.1, 0.15) is 12.1 Å². The summed E-state index contributed by atoms with van der Waals surface area (Å²) in [6.07, 6.45) is 2.24. The fourth-order valence-corrected chi connectivity index (χ4v) is 3.02. The van der Waals surface area contributed by atoms with Crippen LogP contribution in [-0.4, -0.2) is 43.1 Å². The number of aldehydes is 1. The second kappa shape index (κ2) is 8.22. The number of aryl methyl sites for hydroxylation is 1. The first-order valence-electron chi connectivity index (χ1n) is 8.03. The minimum absolute atomic E-state index is 0.194. The van der Waals surface area contributed by atoms with E-state index in [1.807, 2.05) is 17.6 Å². The van der Waals surface area contributed by atoms with Crippen molar-refractivity contribution in [3.63, 3.8) is 0 Å². The molecule has 2 heterocycles. The summed E-state index contributed by atoms with van der Waals surface area (Å²) in [5.41, 5.74) is 3.07. The monoisotopic (exact) mass is 320 g/mol. The van der Waals surface area contributed by atoms with E-state index in [9.17, 15) is 9.18 Å². The zero-order chi connectivity index (χ0) is 16.8. The van der Waals surface area contributed by atoms with Gasteiger partial charge in [0, 0.05) is 57.3 Å². The number of aromatic nitrogens is 1. The van der Waals surface area contributed by atoms with E-state index in [4.69, 9.17) is 0 Å². The van der Waals surface area contributed by atoms with Crippen molar-refractivity contribution in [2.45, 2.75) is 32.9 Å². The molecule has 0 fully saturated rings. The molecule has 0 aliphatic carbocycles. The van der Waals surface area contributed by atoms with Crippen molar-refractivity contribution >= 4 is 17.2 Å². The topological polar surface area (TPSA) is 34.5 Å². The maximum absolute atomic E-state index is 14.1. The molecule has 3 rings (SSSR count). The van der Waals surface area contributed by atoms with Gasteiger partial charge in [0.2, 0.25) is 0 Å². The maximum atomic E-state index is 14.1. The molecule has 0 bridgehead atoms. The lowest BCUT2D eigenvalue weighted by atomic mass is 10.1. The smallest absolute Gasteiger partial charge is 0.147 e. The second-order valence-electron chi connectivity index (χ2n) is 5.73. The first-order chi connectivity index (χ1) is 11.1. The quantitative estimate of drug-likeness (QED) is 0.812. The summed E-state index contributed by atoms with van der Waals surface area (Å²) in [5, 5.41) is 0.993. The Labute approximate surface area is 136 Å². The largest absolute Gasteiger partial charge is 0.385 e. The Balaban J connectivity index is 0.000000433. The van der Waals surface area contributed by atoms with Crippen LogP contribution in [0.25, 0.3) is 10.9 Å². The highest BCUT2D eigenvalue weighted by Gasteiger charge is 2.23. The summed E-state index contributed by atoms with van der Waals surface area (Å²) in [6.45, 7) is 5.18. The second-order valence-corrected chi connectivity index (χ2v) is 5.73. The van der Waals surface area contributed by atoms with Crippen molar-refractivity contribution in [3.05, 3.63) is 35.3 Å². The van der Waals surface area contributed by atoms with E-state index < -0.39 is 0 Å². The van der Waals surface area contributed by atoms with Crippen LogP contribution >= 0.6 is 0 Å². The van der Waals surface area contributed by atoms with Crippen LogP contribution in [0.15, 0.2) is 18.2 Å². The number of hydrogen-bond donors (Lipinski definition) is 0. The summed E-state index contributed by atoms with van der Waals surface area (Å²) in [6, 6.07) is 5.24. The van der Waals surface area contributed by atoms with Crippen molar-refractivity contribution in [1.82, 2.24) is 9.47 Å². The van der Waals surface area contributed by atoms with Gasteiger partial charge in [-0.3, -0.25) is 0 Å². The van der Waals surface area contributed by atoms with Gasteiger partial charge in [-0.15, -0.1) is 0 Å². The minimum atomic E-state index is -0.194. The normalized spacial score (nSPS) is 14.3. The zero-order valence-corrected chi connectivity index (χ0v) is 14.1. The molecule has 1 aromatic heterocycles. The van der Waals surface area contributed by atoms with Crippen LogP contribution < -0.4 is 0 Å². The number of fused-ring (bicyclic) bond motifs is 3. The van der Waals surface area contributed by atoms with Gasteiger partial charge >= 0.3 is 0 Å². The molecule has 0 N–H and O–H groups in total. The van der Waals surface area contributed by atoms with Crippen LogP contribution in [0.4, 0.5) is 4.39 Å². The predicted octanol–water partition coefficient (Wildman–Crippen LogP) is 3.01. The average Bonchev–Trinajstić information content (AvgIpc) is 2.87. The lowest BCUT2D eigenvalue weighted by Gasteiger charge is -2.24. The van der Waals surface area contributed by atoms with E-state index in [0.29, 0.717) is 18.5 Å². The number of carbonyl (C=O) groups is 1. The number of carbonyl (C=O) groups excluding carboxylic acids is 1. The maximum Gasteiger partial charge on any atom is 0.147 e. The van der Waals surface area contributed by atoms with Gasteiger partial charge in [-0.2, -0.15) is 0 Å². The van der Waals surface area contributed by atoms with E-state index >= 15 is 0 Å². The standard InChI is InChI=1S/C15H17FN2O.C3H8O/c1-17-8-6-14-12(10-17)11-4-2-5-13(16)15(11)18(14)7-3-9-19;1-3-4-2/h2,4-5,9H,3,6-8,10H2,1H3;3H2,1-2H3. The molecule has 1 aliphatic rings. The summed E-state index contributed by atoms with van der Waals surface area (Å²) in [4.78, 5) is 12.9. The first kappa shape index (κ1) is 17.6. The van der Waals surface area contributed by atoms with Crippen LogP contribution in [-0.2, 0) is 29.0 Å². The highest BCUT2D eigenvalue weighted by atomic mass is 19.1. The number of likely N-dealkylation sites (N-methyl/N-ethyl adjacent to an activating group) is 1. The number of para-hydroxylation sites is 1. The molecule has 2 aromatic rings. The molecule has 126 valence electrons. The molecular weight excluding hydrogens is 295 g/mol. The van der Waals surface area contributed by atoms with E-state index in [-0.39, 0.29) is 5.82 Å². The third-order valence-corrected chi connectivity index (χ3v) is 4.17. The highest BCUT2D eigenvalue weighted by Crippen LogP contribution is 2.32. The summed E-state index contributed by atoms with van der Waals surface area (Å²) in [7, 11) is 3.76. The molecule has 23 heavy (non-hydrogen) atoms.